The van der Waals surface area contributed by atoms with E-state index in [1.54, 1.807) is 6.08 Å². The van der Waals surface area contributed by atoms with E-state index in [0.717, 1.165) is 5.56 Å². The fourth-order valence-corrected chi connectivity index (χ4v) is 3.69. The van der Waals surface area contributed by atoms with E-state index in [0.29, 0.717) is 26.1 Å². The number of hydrogen-bond donors (Lipinski definition) is 3. The summed E-state index contributed by atoms with van der Waals surface area (Å²) in [5.74, 6) is -0.241. The van der Waals surface area contributed by atoms with Crippen molar-refractivity contribution in [1.29, 1.82) is 0 Å². The molecule has 7 heteroatoms. The smallest absolute Gasteiger partial charge is 0.223 e. The lowest BCUT2D eigenvalue weighted by molar-refractivity contribution is -0.132. The van der Waals surface area contributed by atoms with Crippen molar-refractivity contribution in [2.24, 2.45) is 5.92 Å². The van der Waals surface area contributed by atoms with Crippen LogP contribution in [-0.4, -0.2) is 55.0 Å². The van der Waals surface area contributed by atoms with E-state index in [4.69, 9.17) is 9.47 Å². The fraction of sp³-hybridized carbons (Fsp3) is 0.545. The topological polar surface area (TPSA) is 96.9 Å². The van der Waals surface area contributed by atoms with E-state index in [-0.39, 0.29) is 36.8 Å². The van der Waals surface area contributed by atoms with Gasteiger partial charge in [0, 0.05) is 19.1 Å². The molecule has 2 amide bonds. The Morgan fingerprint density at radius 1 is 1.17 bits per heavy atom. The molecule has 0 saturated carbocycles. The highest BCUT2D eigenvalue weighted by atomic mass is 16.5. The third-order valence-electron chi connectivity index (χ3n) is 5.43. The molecule has 1 saturated heterocycles. The molecule has 0 radical (unpaired) electrons. The first-order chi connectivity index (χ1) is 14.1. The lowest BCUT2D eigenvalue weighted by atomic mass is 9.97. The van der Waals surface area contributed by atoms with Crippen molar-refractivity contribution in [3.8, 4) is 0 Å². The molecule has 0 spiro atoms. The number of carbonyl (C=O) groups is 2. The van der Waals surface area contributed by atoms with Crippen molar-refractivity contribution in [1.82, 2.24) is 10.6 Å². The van der Waals surface area contributed by atoms with Crippen molar-refractivity contribution in [2.45, 2.75) is 50.5 Å². The van der Waals surface area contributed by atoms with Gasteiger partial charge in [0.1, 0.15) is 6.10 Å². The Morgan fingerprint density at radius 2 is 1.90 bits per heavy atom. The quantitative estimate of drug-likeness (QED) is 0.601. The minimum Gasteiger partial charge on any atom is -0.394 e. The molecule has 2 aliphatic heterocycles. The van der Waals surface area contributed by atoms with Gasteiger partial charge in [0.05, 0.1) is 31.2 Å². The molecule has 3 N–H and O–H groups in total. The normalized spacial score (nSPS) is 25.9. The van der Waals surface area contributed by atoms with E-state index in [1.165, 1.54) is 0 Å². The van der Waals surface area contributed by atoms with Gasteiger partial charge in [-0.3, -0.25) is 9.59 Å². The van der Waals surface area contributed by atoms with Crippen LogP contribution in [0.25, 0.3) is 0 Å². The van der Waals surface area contributed by atoms with Gasteiger partial charge in [-0.25, -0.2) is 0 Å². The predicted molar refractivity (Wildman–Crippen MR) is 108 cm³/mol. The Morgan fingerprint density at radius 3 is 2.59 bits per heavy atom. The average molecular weight is 402 g/mol. The van der Waals surface area contributed by atoms with Crippen LogP contribution in [0, 0.1) is 5.92 Å². The largest absolute Gasteiger partial charge is 0.394 e. The average Bonchev–Trinajstić information content (AvgIpc) is 2.75. The van der Waals surface area contributed by atoms with Gasteiger partial charge in [-0.15, -0.1) is 0 Å². The molecule has 7 nitrogen and oxygen atoms in total. The van der Waals surface area contributed by atoms with E-state index >= 15 is 0 Å². The molecule has 158 valence electrons. The van der Waals surface area contributed by atoms with Gasteiger partial charge in [0.25, 0.3) is 0 Å². The zero-order valence-electron chi connectivity index (χ0n) is 16.8. The van der Waals surface area contributed by atoms with Crippen LogP contribution in [0.15, 0.2) is 42.5 Å². The molecule has 3 rings (SSSR count). The maximum Gasteiger partial charge on any atom is 0.223 e. The highest BCUT2D eigenvalue weighted by Gasteiger charge is 2.31. The van der Waals surface area contributed by atoms with Crippen molar-refractivity contribution in [2.75, 3.05) is 19.8 Å². The summed E-state index contributed by atoms with van der Waals surface area (Å²) in [6.45, 7) is 2.89. The summed E-state index contributed by atoms with van der Waals surface area (Å²) >= 11 is 0. The molecule has 0 bridgehead atoms. The number of carbonyl (C=O) groups excluding carboxylic acids is 2. The van der Waals surface area contributed by atoms with Crippen LogP contribution in [0.5, 0.6) is 0 Å². The van der Waals surface area contributed by atoms with Crippen LogP contribution in [-0.2, 0) is 19.1 Å². The van der Waals surface area contributed by atoms with E-state index < -0.39 is 18.2 Å². The van der Waals surface area contributed by atoms with Crippen molar-refractivity contribution in [3.05, 3.63) is 48.0 Å². The Labute approximate surface area is 171 Å². The number of nitrogens with one attached hydrogen (secondary N) is 2. The SMILES string of the molecule is C[C@H](NC(=O)C[C@@H]1C=C[C@H](NC(=O)C2CCOCC2)[C@@H](CO)O1)c1ccccc1. The number of ether oxygens (including phenoxy) is 2. The number of amides is 2. The Balaban J connectivity index is 1.51. The predicted octanol–water partition coefficient (Wildman–Crippen LogP) is 1.48. The molecular weight excluding hydrogens is 372 g/mol. The van der Waals surface area contributed by atoms with Gasteiger partial charge >= 0.3 is 0 Å². The van der Waals surface area contributed by atoms with Crippen LogP contribution in [0.1, 0.15) is 37.8 Å². The first-order valence-electron chi connectivity index (χ1n) is 10.2. The van der Waals surface area contributed by atoms with Gasteiger partial charge in [0.2, 0.25) is 11.8 Å². The summed E-state index contributed by atoms with van der Waals surface area (Å²) < 4.78 is 11.1. The second-order valence-electron chi connectivity index (χ2n) is 7.61. The number of hydrogen-bond acceptors (Lipinski definition) is 5. The molecule has 4 atom stereocenters. The zero-order valence-corrected chi connectivity index (χ0v) is 16.8. The van der Waals surface area contributed by atoms with Crippen LogP contribution in [0.2, 0.25) is 0 Å². The monoisotopic (exact) mass is 402 g/mol. The summed E-state index contributed by atoms with van der Waals surface area (Å²) in [4.78, 5) is 24.8. The molecule has 2 aliphatic rings. The third kappa shape index (κ3) is 6.13. The third-order valence-corrected chi connectivity index (χ3v) is 5.43. The number of aliphatic hydroxyl groups excluding tert-OH is 1. The van der Waals surface area contributed by atoms with Gasteiger partial charge in [-0.1, -0.05) is 42.5 Å². The second-order valence-corrected chi connectivity index (χ2v) is 7.61. The lowest BCUT2D eigenvalue weighted by Crippen LogP contribution is -2.51. The molecule has 2 heterocycles. The van der Waals surface area contributed by atoms with Crippen LogP contribution >= 0.6 is 0 Å². The van der Waals surface area contributed by atoms with Gasteiger partial charge < -0.3 is 25.2 Å². The number of aliphatic hydroxyl groups is 1. The first-order valence-corrected chi connectivity index (χ1v) is 10.2. The van der Waals surface area contributed by atoms with E-state index in [2.05, 4.69) is 10.6 Å². The van der Waals surface area contributed by atoms with Gasteiger partial charge in [-0.05, 0) is 25.3 Å². The fourth-order valence-electron chi connectivity index (χ4n) is 3.69. The minimum absolute atomic E-state index is 0.0436. The molecule has 0 aliphatic carbocycles. The summed E-state index contributed by atoms with van der Waals surface area (Å²) in [5.41, 5.74) is 1.03. The Kier molecular flexibility index (Phi) is 7.80. The maximum absolute atomic E-state index is 12.4. The highest BCUT2D eigenvalue weighted by molar-refractivity contribution is 5.79. The Hall–Kier alpha value is -2.22. The van der Waals surface area contributed by atoms with Crippen LogP contribution in [0.3, 0.4) is 0 Å². The van der Waals surface area contributed by atoms with Crippen LogP contribution in [0.4, 0.5) is 0 Å². The molecule has 0 aromatic heterocycles. The standard InChI is InChI=1S/C22H30N2O5/c1-15(16-5-3-2-4-6-16)23-21(26)13-18-7-8-19(20(14-25)29-18)24-22(27)17-9-11-28-12-10-17/h2-8,15,17-20,25H,9-14H2,1H3,(H,23,26)(H,24,27)/t15-,18-,19-,20+/m0/s1. The molecule has 1 fully saturated rings. The zero-order chi connectivity index (χ0) is 20.6. The number of benzene rings is 1. The molecule has 29 heavy (non-hydrogen) atoms. The van der Waals surface area contributed by atoms with Gasteiger partial charge in [-0.2, -0.15) is 0 Å². The molecule has 1 aromatic rings. The second kappa shape index (κ2) is 10.5. The van der Waals surface area contributed by atoms with Crippen LogP contribution < -0.4 is 10.6 Å². The van der Waals surface area contributed by atoms with Crippen molar-refractivity contribution < 1.29 is 24.2 Å². The van der Waals surface area contributed by atoms with Crippen molar-refractivity contribution >= 4 is 11.8 Å². The summed E-state index contributed by atoms with van der Waals surface area (Å²) in [5, 5.41) is 15.6. The molecule has 0 unspecified atom stereocenters. The Bertz CT molecular complexity index is 702. The van der Waals surface area contributed by atoms with E-state index in [1.807, 2.05) is 43.3 Å². The maximum atomic E-state index is 12.4. The van der Waals surface area contributed by atoms with Gasteiger partial charge in [0.15, 0.2) is 0 Å². The van der Waals surface area contributed by atoms with E-state index in [9.17, 15) is 14.7 Å². The summed E-state index contributed by atoms with van der Waals surface area (Å²) in [7, 11) is 0. The number of rotatable bonds is 7. The first kappa shape index (κ1) is 21.5. The summed E-state index contributed by atoms with van der Waals surface area (Å²) in [6, 6.07) is 9.24. The minimum atomic E-state index is -0.576. The van der Waals surface area contributed by atoms with Crippen molar-refractivity contribution in [3.63, 3.8) is 0 Å². The molecule has 1 aromatic carbocycles. The summed E-state index contributed by atoms with van der Waals surface area (Å²) in [6.07, 6.45) is 4.16. The molecular formula is C22H30N2O5. The highest BCUT2D eigenvalue weighted by Crippen LogP contribution is 2.19. The lowest BCUT2D eigenvalue weighted by Gasteiger charge is -2.33.